The van der Waals surface area contributed by atoms with Crippen molar-refractivity contribution in [2.45, 2.75) is 19.4 Å². The number of piperidine rings is 1. The monoisotopic (exact) mass is 396 g/mol. The minimum Gasteiger partial charge on any atom is -0.497 e. The molecule has 29 heavy (non-hydrogen) atoms. The highest BCUT2D eigenvalue weighted by Crippen LogP contribution is 2.27. The van der Waals surface area contributed by atoms with Crippen molar-refractivity contribution < 1.29 is 9.13 Å². The molecular formula is C21H25FN6O. The Labute approximate surface area is 169 Å². The maximum atomic E-state index is 14.4. The highest BCUT2D eigenvalue weighted by molar-refractivity contribution is 5.64. The summed E-state index contributed by atoms with van der Waals surface area (Å²) in [5.74, 6) is 1.47. The summed E-state index contributed by atoms with van der Waals surface area (Å²) in [6.45, 7) is 3.42. The summed E-state index contributed by atoms with van der Waals surface area (Å²) in [4.78, 5) is 11.0. The molecule has 1 fully saturated rings. The highest BCUT2D eigenvalue weighted by atomic mass is 19.1. The fourth-order valence-corrected chi connectivity index (χ4v) is 3.78. The molecule has 1 atom stereocenters. The Bertz CT molecular complexity index is 932. The van der Waals surface area contributed by atoms with Crippen molar-refractivity contribution in [3.63, 3.8) is 0 Å². The van der Waals surface area contributed by atoms with Gasteiger partial charge in [0.2, 0.25) is 5.95 Å². The summed E-state index contributed by atoms with van der Waals surface area (Å²) in [5.41, 5.74) is 2.12. The number of hydrogen-bond donors (Lipinski definition) is 2. The zero-order valence-corrected chi connectivity index (χ0v) is 16.4. The zero-order chi connectivity index (χ0) is 20.1. The predicted octanol–water partition coefficient (Wildman–Crippen LogP) is 3.02. The molecule has 4 rings (SSSR count). The summed E-state index contributed by atoms with van der Waals surface area (Å²) in [6, 6.07) is 6.68. The van der Waals surface area contributed by atoms with Gasteiger partial charge in [-0.1, -0.05) is 0 Å². The third-order valence-corrected chi connectivity index (χ3v) is 5.27. The number of ether oxygens (including phenoxy) is 1. The molecular weight excluding hydrogens is 371 g/mol. The quantitative estimate of drug-likeness (QED) is 0.639. The minimum absolute atomic E-state index is 0.333. The smallest absolute Gasteiger partial charge is 0.225 e. The molecule has 0 aliphatic carbocycles. The Kier molecular flexibility index (Phi) is 6.00. The molecule has 1 aliphatic rings. The summed E-state index contributed by atoms with van der Waals surface area (Å²) in [6.07, 6.45) is 7.60. The van der Waals surface area contributed by atoms with Crippen LogP contribution < -0.4 is 15.0 Å². The van der Waals surface area contributed by atoms with Crippen LogP contribution in [-0.2, 0) is 6.54 Å². The van der Waals surface area contributed by atoms with Gasteiger partial charge in [-0.2, -0.15) is 5.10 Å². The fraction of sp³-hybridized carbons (Fsp3) is 0.381. The van der Waals surface area contributed by atoms with Gasteiger partial charge in [0, 0.05) is 49.2 Å². The second-order valence-corrected chi connectivity index (χ2v) is 7.25. The first-order valence-electron chi connectivity index (χ1n) is 9.83. The van der Waals surface area contributed by atoms with E-state index in [1.54, 1.807) is 30.7 Å². The Balaban J connectivity index is 1.35. The number of benzene rings is 1. The van der Waals surface area contributed by atoms with Crippen molar-refractivity contribution in [1.82, 2.24) is 25.5 Å². The van der Waals surface area contributed by atoms with E-state index in [-0.39, 0.29) is 5.82 Å². The number of nitrogens with one attached hydrogen (secondary N) is 2. The number of anilines is 1. The van der Waals surface area contributed by atoms with Gasteiger partial charge in [0.1, 0.15) is 11.6 Å². The largest absolute Gasteiger partial charge is 0.497 e. The maximum absolute atomic E-state index is 14.4. The summed E-state index contributed by atoms with van der Waals surface area (Å²) in [7, 11) is 1.52. The standard InChI is InChI=1S/C21H25FN6O/c1-29-17-5-6-18(19(22)10-17)20-16(13-26-27-20)12-23-11-15-4-2-9-28(14-15)21-24-7-3-8-25-21/h3,5-8,10,13,15,23H,2,4,9,11-12,14H2,1H3,(H,26,27). The van der Waals surface area contributed by atoms with Gasteiger partial charge in [0.05, 0.1) is 19.0 Å². The molecule has 1 saturated heterocycles. The number of nitrogens with zero attached hydrogens (tertiary/aromatic N) is 4. The molecule has 1 unspecified atom stereocenters. The van der Waals surface area contributed by atoms with E-state index in [0.29, 0.717) is 29.5 Å². The minimum atomic E-state index is -0.333. The predicted molar refractivity (Wildman–Crippen MR) is 109 cm³/mol. The van der Waals surface area contributed by atoms with E-state index in [1.165, 1.54) is 19.6 Å². The van der Waals surface area contributed by atoms with Crippen LogP contribution in [0.1, 0.15) is 18.4 Å². The summed E-state index contributed by atoms with van der Waals surface area (Å²) < 4.78 is 19.5. The van der Waals surface area contributed by atoms with Crippen molar-refractivity contribution >= 4 is 5.95 Å². The normalized spacial score (nSPS) is 16.8. The van der Waals surface area contributed by atoms with Gasteiger partial charge in [-0.25, -0.2) is 14.4 Å². The number of hydrogen-bond acceptors (Lipinski definition) is 6. The van der Waals surface area contributed by atoms with Gasteiger partial charge in [-0.3, -0.25) is 5.10 Å². The third kappa shape index (κ3) is 4.54. The van der Waals surface area contributed by atoms with Crippen molar-refractivity contribution in [3.8, 4) is 17.0 Å². The molecule has 2 N–H and O–H groups in total. The Hall–Kier alpha value is -3.00. The average Bonchev–Trinajstić information content (AvgIpc) is 3.22. The van der Waals surface area contributed by atoms with Crippen LogP contribution in [0.4, 0.5) is 10.3 Å². The molecule has 8 heteroatoms. The lowest BCUT2D eigenvalue weighted by Crippen LogP contribution is -2.40. The van der Waals surface area contributed by atoms with Gasteiger partial charge in [0.25, 0.3) is 0 Å². The summed E-state index contributed by atoms with van der Waals surface area (Å²) in [5, 5.41) is 10.5. The van der Waals surface area contributed by atoms with E-state index in [4.69, 9.17) is 4.74 Å². The van der Waals surface area contributed by atoms with Gasteiger partial charge in [0.15, 0.2) is 0 Å². The van der Waals surface area contributed by atoms with Crippen LogP contribution >= 0.6 is 0 Å². The van der Waals surface area contributed by atoms with Crippen LogP contribution in [0.15, 0.2) is 42.9 Å². The summed E-state index contributed by atoms with van der Waals surface area (Å²) >= 11 is 0. The van der Waals surface area contributed by atoms with E-state index in [2.05, 4.69) is 30.4 Å². The fourth-order valence-electron chi connectivity index (χ4n) is 3.78. The molecule has 3 heterocycles. The molecule has 0 bridgehead atoms. The van der Waals surface area contributed by atoms with Crippen molar-refractivity contribution in [2.75, 3.05) is 31.6 Å². The first kappa shape index (κ1) is 19.3. The van der Waals surface area contributed by atoms with Gasteiger partial charge < -0.3 is 15.0 Å². The van der Waals surface area contributed by atoms with Crippen molar-refractivity contribution in [3.05, 3.63) is 54.2 Å². The molecule has 0 spiro atoms. The first-order chi connectivity index (χ1) is 14.2. The maximum Gasteiger partial charge on any atom is 0.225 e. The number of H-pyrrole nitrogens is 1. The van der Waals surface area contributed by atoms with E-state index in [1.807, 2.05) is 6.07 Å². The van der Waals surface area contributed by atoms with Crippen molar-refractivity contribution in [2.24, 2.45) is 5.92 Å². The Morgan fingerprint density at radius 1 is 1.31 bits per heavy atom. The van der Waals surface area contributed by atoms with Gasteiger partial charge in [-0.05, 0) is 43.5 Å². The van der Waals surface area contributed by atoms with E-state index >= 15 is 0 Å². The van der Waals surface area contributed by atoms with E-state index < -0.39 is 0 Å². The van der Waals surface area contributed by atoms with Crippen LogP contribution in [-0.4, -0.2) is 46.9 Å². The second kappa shape index (κ2) is 9.00. The van der Waals surface area contributed by atoms with Crippen LogP contribution in [0.5, 0.6) is 5.75 Å². The van der Waals surface area contributed by atoms with Gasteiger partial charge >= 0.3 is 0 Å². The van der Waals surface area contributed by atoms with Crippen LogP contribution in [0.2, 0.25) is 0 Å². The lowest BCUT2D eigenvalue weighted by atomic mass is 9.98. The molecule has 2 aromatic heterocycles. The molecule has 152 valence electrons. The third-order valence-electron chi connectivity index (χ3n) is 5.27. The van der Waals surface area contributed by atoms with E-state index in [9.17, 15) is 4.39 Å². The number of halogens is 1. The lowest BCUT2D eigenvalue weighted by molar-refractivity contribution is 0.388. The molecule has 7 nitrogen and oxygen atoms in total. The molecule has 1 aliphatic heterocycles. The molecule has 0 radical (unpaired) electrons. The molecule has 3 aromatic rings. The number of rotatable bonds is 7. The van der Waals surface area contributed by atoms with Crippen LogP contribution in [0, 0.1) is 11.7 Å². The van der Waals surface area contributed by atoms with Crippen LogP contribution in [0.25, 0.3) is 11.3 Å². The first-order valence-corrected chi connectivity index (χ1v) is 9.83. The highest BCUT2D eigenvalue weighted by Gasteiger charge is 2.21. The topological polar surface area (TPSA) is 79.0 Å². The van der Waals surface area contributed by atoms with Crippen molar-refractivity contribution in [1.29, 1.82) is 0 Å². The second-order valence-electron chi connectivity index (χ2n) is 7.25. The van der Waals surface area contributed by atoms with Crippen LogP contribution in [0.3, 0.4) is 0 Å². The lowest BCUT2D eigenvalue weighted by Gasteiger charge is -2.32. The Morgan fingerprint density at radius 2 is 2.17 bits per heavy atom. The molecule has 0 amide bonds. The van der Waals surface area contributed by atoms with Gasteiger partial charge in [-0.15, -0.1) is 0 Å². The number of aromatic nitrogens is 4. The van der Waals surface area contributed by atoms with E-state index in [0.717, 1.165) is 37.6 Å². The zero-order valence-electron chi connectivity index (χ0n) is 16.4. The molecule has 1 aromatic carbocycles. The number of aromatic amines is 1. The average molecular weight is 396 g/mol. The Morgan fingerprint density at radius 3 is 2.97 bits per heavy atom. The SMILES string of the molecule is COc1ccc(-c2[nH]ncc2CNCC2CCCN(c3ncccn3)C2)c(F)c1. The number of methoxy groups -OCH3 is 1. The molecule has 0 saturated carbocycles.